The van der Waals surface area contributed by atoms with Crippen LogP contribution in [0.25, 0.3) is 0 Å². The van der Waals surface area contributed by atoms with Gasteiger partial charge >= 0.3 is 0 Å². The molecule has 0 bridgehead atoms. The number of hydrogen-bond acceptors (Lipinski definition) is 2. The van der Waals surface area contributed by atoms with Crippen molar-refractivity contribution in [3.8, 4) is 0 Å². The lowest BCUT2D eigenvalue weighted by Crippen LogP contribution is -2.16. The van der Waals surface area contributed by atoms with Crippen molar-refractivity contribution in [2.24, 2.45) is 5.92 Å². The third-order valence-corrected chi connectivity index (χ3v) is 2.60. The summed E-state index contributed by atoms with van der Waals surface area (Å²) in [5, 5.41) is 0. The molecule has 0 saturated heterocycles. The zero-order valence-electron chi connectivity index (χ0n) is 8.29. The van der Waals surface area contributed by atoms with Crippen LogP contribution < -0.4 is 0 Å². The Morgan fingerprint density at radius 2 is 2.54 bits per heavy atom. The smallest absolute Gasteiger partial charge is 0.109 e. The van der Waals surface area contributed by atoms with E-state index in [9.17, 15) is 0 Å². The number of hydrogen-bond donors (Lipinski definition) is 0. The van der Waals surface area contributed by atoms with Crippen LogP contribution in [-0.2, 0) is 24.3 Å². The van der Waals surface area contributed by atoms with Crippen LogP contribution in [0, 0.1) is 5.92 Å². The second-order valence-electron chi connectivity index (χ2n) is 3.87. The molecule has 0 aromatic carbocycles. The highest BCUT2D eigenvalue weighted by molar-refractivity contribution is 5.05. The lowest BCUT2D eigenvalue weighted by Gasteiger charge is -2.18. The fourth-order valence-corrected chi connectivity index (χ4v) is 1.86. The van der Waals surface area contributed by atoms with Crippen LogP contribution in [-0.4, -0.2) is 16.7 Å². The average molecular weight is 180 g/mol. The number of aromatic nitrogens is 2. The highest BCUT2D eigenvalue weighted by Gasteiger charge is 2.16. The molecular weight excluding hydrogens is 164 g/mol. The molecule has 0 fully saturated rings. The van der Waals surface area contributed by atoms with Crippen LogP contribution in [0.15, 0.2) is 6.20 Å². The summed E-state index contributed by atoms with van der Waals surface area (Å²) < 4.78 is 7.31. The molecule has 2 rings (SSSR count). The van der Waals surface area contributed by atoms with Gasteiger partial charge in [-0.1, -0.05) is 6.92 Å². The summed E-state index contributed by atoms with van der Waals surface area (Å²) in [6.07, 6.45) is 4.50. The third kappa shape index (κ3) is 1.75. The largest absolute Gasteiger partial charge is 0.378 e. The second kappa shape index (κ2) is 3.50. The van der Waals surface area contributed by atoms with Crippen LogP contribution in [0.3, 0.4) is 0 Å². The van der Waals surface area contributed by atoms with Gasteiger partial charge in [0, 0.05) is 26.3 Å². The monoisotopic (exact) mass is 180 g/mol. The molecule has 13 heavy (non-hydrogen) atoms. The number of aryl methyl sites for hydroxylation is 1. The van der Waals surface area contributed by atoms with E-state index in [1.165, 1.54) is 12.2 Å². The SMILES string of the molecule is COCc1cn2c(n1)CC(C)CC2. The van der Waals surface area contributed by atoms with E-state index < -0.39 is 0 Å². The van der Waals surface area contributed by atoms with Gasteiger partial charge in [-0.2, -0.15) is 0 Å². The molecule has 1 aromatic heterocycles. The summed E-state index contributed by atoms with van der Waals surface area (Å²) in [6, 6.07) is 0. The summed E-state index contributed by atoms with van der Waals surface area (Å²) in [6.45, 7) is 4.04. The summed E-state index contributed by atoms with van der Waals surface area (Å²) >= 11 is 0. The molecule has 2 heterocycles. The molecule has 3 heteroatoms. The lowest BCUT2D eigenvalue weighted by atomic mass is 10.0. The fraction of sp³-hybridized carbons (Fsp3) is 0.700. The molecule has 1 aliphatic rings. The third-order valence-electron chi connectivity index (χ3n) is 2.60. The van der Waals surface area contributed by atoms with Gasteiger partial charge in [0.2, 0.25) is 0 Å². The van der Waals surface area contributed by atoms with Crippen LogP contribution in [0.2, 0.25) is 0 Å². The van der Waals surface area contributed by atoms with E-state index in [2.05, 4.69) is 22.7 Å². The van der Waals surface area contributed by atoms with Crippen LogP contribution in [0.5, 0.6) is 0 Å². The highest BCUT2D eigenvalue weighted by Crippen LogP contribution is 2.19. The minimum Gasteiger partial charge on any atom is -0.378 e. The Kier molecular flexibility index (Phi) is 2.36. The summed E-state index contributed by atoms with van der Waals surface area (Å²) in [4.78, 5) is 4.53. The van der Waals surface area contributed by atoms with E-state index in [-0.39, 0.29) is 0 Å². The van der Waals surface area contributed by atoms with Crippen molar-refractivity contribution in [1.82, 2.24) is 9.55 Å². The van der Waals surface area contributed by atoms with E-state index in [1.807, 2.05) is 0 Å². The van der Waals surface area contributed by atoms with Crippen molar-refractivity contribution in [2.75, 3.05) is 7.11 Å². The average Bonchev–Trinajstić information content (AvgIpc) is 2.46. The van der Waals surface area contributed by atoms with E-state index in [1.54, 1.807) is 7.11 Å². The Morgan fingerprint density at radius 1 is 1.69 bits per heavy atom. The number of imidazole rings is 1. The van der Waals surface area contributed by atoms with E-state index in [0.29, 0.717) is 6.61 Å². The number of nitrogens with zero attached hydrogens (tertiary/aromatic N) is 2. The zero-order valence-corrected chi connectivity index (χ0v) is 8.29. The van der Waals surface area contributed by atoms with Crippen molar-refractivity contribution in [1.29, 1.82) is 0 Å². The topological polar surface area (TPSA) is 27.1 Å². The maximum Gasteiger partial charge on any atom is 0.109 e. The molecule has 0 saturated carbocycles. The zero-order chi connectivity index (χ0) is 9.26. The molecule has 0 radical (unpaired) electrons. The molecule has 3 nitrogen and oxygen atoms in total. The molecule has 1 aromatic rings. The van der Waals surface area contributed by atoms with Gasteiger partial charge in [-0.05, 0) is 12.3 Å². The summed E-state index contributed by atoms with van der Waals surface area (Å²) in [5.74, 6) is 2.01. The predicted molar refractivity (Wildman–Crippen MR) is 50.4 cm³/mol. The van der Waals surface area contributed by atoms with E-state index >= 15 is 0 Å². The van der Waals surface area contributed by atoms with Gasteiger partial charge in [-0.25, -0.2) is 4.98 Å². The molecule has 1 unspecified atom stereocenters. The van der Waals surface area contributed by atoms with Crippen molar-refractivity contribution in [3.05, 3.63) is 17.7 Å². The number of ether oxygens (including phenoxy) is 1. The number of rotatable bonds is 2. The van der Waals surface area contributed by atoms with Crippen molar-refractivity contribution < 1.29 is 4.74 Å². The van der Waals surface area contributed by atoms with Gasteiger partial charge in [-0.3, -0.25) is 0 Å². The van der Waals surface area contributed by atoms with E-state index in [4.69, 9.17) is 4.74 Å². The van der Waals surface area contributed by atoms with Crippen molar-refractivity contribution in [2.45, 2.75) is 32.9 Å². The first kappa shape index (κ1) is 8.75. The Hall–Kier alpha value is -0.830. The maximum atomic E-state index is 5.06. The summed E-state index contributed by atoms with van der Waals surface area (Å²) in [5.41, 5.74) is 1.06. The van der Waals surface area contributed by atoms with Gasteiger partial charge in [0.05, 0.1) is 12.3 Å². The standard InChI is InChI=1S/C10H16N2O/c1-8-3-4-12-6-9(7-13-2)11-10(12)5-8/h6,8H,3-5,7H2,1-2H3. The Labute approximate surface area is 78.7 Å². The molecule has 0 spiro atoms. The van der Waals surface area contributed by atoms with E-state index in [0.717, 1.165) is 24.6 Å². The van der Waals surface area contributed by atoms with Crippen LogP contribution in [0.1, 0.15) is 24.9 Å². The molecule has 1 atom stereocenters. The maximum absolute atomic E-state index is 5.06. The van der Waals surface area contributed by atoms with Crippen LogP contribution >= 0.6 is 0 Å². The molecular formula is C10H16N2O. The van der Waals surface area contributed by atoms with Gasteiger partial charge in [-0.15, -0.1) is 0 Å². The first-order valence-electron chi connectivity index (χ1n) is 4.83. The highest BCUT2D eigenvalue weighted by atomic mass is 16.5. The van der Waals surface area contributed by atoms with Gasteiger partial charge in [0.1, 0.15) is 5.82 Å². The fourth-order valence-electron chi connectivity index (χ4n) is 1.86. The predicted octanol–water partition coefficient (Wildman–Crippen LogP) is 1.61. The van der Waals surface area contributed by atoms with Crippen molar-refractivity contribution in [3.63, 3.8) is 0 Å². The molecule has 0 aliphatic carbocycles. The molecule has 1 aliphatic heterocycles. The lowest BCUT2D eigenvalue weighted by molar-refractivity contribution is 0.181. The molecule has 0 N–H and O–H groups in total. The Bertz CT molecular complexity index is 293. The molecule has 72 valence electrons. The van der Waals surface area contributed by atoms with Crippen LogP contribution in [0.4, 0.5) is 0 Å². The normalized spacial score (nSPS) is 21.5. The Balaban J connectivity index is 2.18. The van der Waals surface area contributed by atoms with Gasteiger partial charge in [0.25, 0.3) is 0 Å². The molecule has 0 amide bonds. The number of fused-ring (bicyclic) bond motifs is 1. The second-order valence-corrected chi connectivity index (χ2v) is 3.87. The first-order chi connectivity index (χ1) is 6.29. The summed E-state index contributed by atoms with van der Waals surface area (Å²) in [7, 11) is 1.71. The quantitative estimate of drug-likeness (QED) is 0.691. The minimum absolute atomic E-state index is 0.633. The first-order valence-corrected chi connectivity index (χ1v) is 4.83. The minimum atomic E-state index is 0.633. The van der Waals surface area contributed by atoms with Crippen molar-refractivity contribution >= 4 is 0 Å². The van der Waals surface area contributed by atoms with Gasteiger partial charge in [0.15, 0.2) is 0 Å². The Morgan fingerprint density at radius 3 is 3.31 bits per heavy atom. The number of methoxy groups -OCH3 is 1. The van der Waals surface area contributed by atoms with Gasteiger partial charge < -0.3 is 9.30 Å².